The van der Waals surface area contributed by atoms with Crippen LogP contribution in [0.4, 0.5) is 0 Å². The second kappa shape index (κ2) is 5.39. The summed E-state index contributed by atoms with van der Waals surface area (Å²) >= 11 is 0. The molecule has 1 heterocycles. The molecule has 0 bridgehead atoms. The van der Waals surface area contributed by atoms with Crippen molar-refractivity contribution in [1.82, 2.24) is 0 Å². The molecule has 0 aromatic carbocycles. The highest BCUT2D eigenvalue weighted by molar-refractivity contribution is 5.70. The average Bonchev–Trinajstić information content (AvgIpc) is 2.26. The normalized spacial score (nSPS) is 18.0. The van der Waals surface area contributed by atoms with Crippen molar-refractivity contribution < 1.29 is 0 Å². The largest absolute Gasteiger partial charge is 0.267 e. The van der Waals surface area contributed by atoms with Gasteiger partial charge >= 0.3 is 0 Å². The molecule has 0 atom stereocenters. The standard InChI is InChI=1S/C10H12N2.C2H6/c1-8-4-10(2,3)7-12-6-9(8)5-11;1-2/h4,6-7H,1-3H3;1-2H3. The summed E-state index contributed by atoms with van der Waals surface area (Å²) < 4.78 is 0. The fourth-order valence-corrected chi connectivity index (χ4v) is 1.20. The van der Waals surface area contributed by atoms with Crippen LogP contribution >= 0.6 is 0 Å². The van der Waals surface area contributed by atoms with E-state index in [1.807, 2.05) is 27.0 Å². The maximum atomic E-state index is 8.72. The van der Waals surface area contributed by atoms with E-state index in [2.05, 4.69) is 31.0 Å². The molecule has 2 nitrogen and oxygen atoms in total. The lowest BCUT2D eigenvalue weighted by Crippen LogP contribution is -2.08. The molecule has 0 aliphatic carbocycles. The van der Waals surface area contributed by atoms with Gasteiger partial charge in [-0.15, -0.1) is 0 Å². The number of rotatable bonds is 0. The maximum Gasteiger partial charge on any atom is 0.101 e. The zero-order chi connectivity index (χ0) is 11.2. The van der Waals surface area contributed by atoms with E-state index in [-0.39, 0.29) is 5.41 Å². The molecule has 1 rings (SSSR count). The van der Waals surface area contributed by atoms with Crippen LogP contribution in [0.5, 0.6) is 0 Å². The van der Waals surface area contributed by atoms with Gasteiger partial charge in [-0.3, -0.25) is 4.99 Å². The highest BCUT2D eigenvalue weighted by Gasteiger charge is 2.14. The van der Waals surface area contributed by atoms with Crippen LogP contribution in [0.15, 0.2) is 28.4 Å². The van der Waals surface area contributed by atoms with Gasteiger partial charge in [0, 0.05) is 17.8 Å². The van der Waals surface area contributed by atoms with Crippen molar-refractivity contribution in [2.45, 2.75) is 34.6 Å². The van der Waals surface area contributed by atoms with Gasteiger partial charge in [0.05, 0.1) is 5.57 Å². The van der Waals surface area contributed by atoms with Crippen molar-refractivity contribution in [1.29, 1.82) is 5.26 Å². The zero-order valence-electron chi connectivity index (χ0n) is 9.63. The lowest BCUT2D eigenvalue weighted by molar-refractivity contribution is 0.690. The van der Waals surface area contributed by atoms with Gasteiger partial charge in [-0.25, -0.2) is 0 Å². The number of aliphatic imine (C=N–C) groups is 1. The summed E-state index contributed by atoms with van der Waals surface area (Å²) in [7, 11) is 0. The molecular formula is C12H18N2. The summed E-state index contributed by atoms with van der Waals surface area (Å²) in [5.74, 6) is 0. The summed E-state index contributed by atoms with van der Waals surface area (Å²) in [5.41, 5.74) is 1.61. The third-order valence-corrected chi connectivity index (χ3v) is 1.74. The minimum absolute atomic E-state index is 0.0425. The topological polar surface area (TPSA) is 36.1 Å². The Bertz CT molecular complexity index is 312. The van der Waals surface area contributed by atoms with Gasteiger partial charge in [-0.05, 0) is 12.5 Å². The Morgan fingerprint density at radius 2 is 1.93 bits per heavy atom. The second-order valence-electron chi connectivity index (χ2n) is 3.58. The molecule has 1 aliphatic heterocycles. The van der Waals surface area contributed by atoms with E-state index >= 15 is 0 Å². The highest BCUT2D eigenvalue weighted by Crippen LogP contribution is 2.22. The van der Waals surface area contributed by atoms with E-state index in [1.54, 1.807) is 6.20 Å². The molecule has 0 aromatic rings. The molecule has 0 amide bonds. The van der Waals surface area contributed by atoms with Crippen LogP contribution in [0.25, 0.3) is 0 Å². The van der Waals surface area contributed by atoms with E-state index in [4.69, 9.17) is 5.26 Å². The van der Waals surface area contributed by atoms with Crippen LogP contribution in [0.1, 0.15) is 34.6 Å². The van der Waals surface area contributed by atoms with Crippen LogP contribution in [0.3, 0.4) is 0 Å². The third-order valence-electron chi connectivity index (χ3n) is 1.74. The van der Waals surface area contributed by atoms with Crippen molar-refractivity contribution in [3.8, 4) is 6.07 Å². The first-order valence-electron chi connectivity index (χ1n) is 4.89. The van der Waals surface area contributed by atoms with Crippen molar-refractivity contribution in [2.75, 3.05) is 0 Å². The average molecular weight is 190 g/mol. The molecular weight excluding hydrogens is 172 g/mol. The number of hydrogen-bond donors (Lipinski definition) is 0. The summed E-state index contributed by atoms with van der Waals surface area (Å²) in [4.78, 5) is 4.06. The van der Waals surface area contributed by atoms with Crippen LogP contribution < -0.4 is 0 Å². The minimum Gasteiger partial charge on any atom is -0.267 e. The van der Waals surface area contributed by atoms with Crippen LogP contribution in [0.2, 0.25) is 0 Å². The predicted molar refractivity (Wildman–Crippen MR) is 61.1 cm³/mol. The van der Waals surface area contributed by atoms with Crippen molar-refractivity contribution >= 4 is 6.21 Å². The van der Waals surface area contributed by atoms with E-state index < -0.39 is 0 Å². The Morgan fingerprint density at radius 1 is 1.36 bits per heavy atom. The number of nitrogens with zero attached hydrogens (tertiary/aromatic N) is 2. The predicted octanol–water partition coefficient (Wildman–Crippen LogP) is 3.48. The van der Waals surface area contributed by atoms with Gasteiger partial charge in [0.15, 0.2) is 0 Å². The molecule has 0 radical (unpaired) electrons. The summed E-state index contributed by atoms with van der Waals surface area (Å²) in [6, 6.07) is 2.11. The molecule has 0 saturated carbocycles. The third kappa shape index (κ3) is 3.57. The van der Waals surface area contributed by atoms with Crippen molar-refractivity contribution in [2.24, 2.45) is 10.4 Å². The van der Waals surface area contributed by atoms with E-state index in [0.29, 0.717) is 5.57 Å². The van der Waals surface area contributed by atoms with Crippen LogP contribution in [0, 0.1) is 16.7 Å². The number of hydrogen-bond acceptors (Lipinski definition) is 2. The first-order valence-corrected chi connectivity index (χ1v) is 4.89. The molecule has 0 N–H and O–H groups in total. The summed E-state index contributed by atoms with van der Waals surface area (Å²) in [5, 5.41) is 8.72. The maximum absolute atomic E-state index is 8.72. The monoisotopic (exact) mass is 190 g/mol. The second-order valence-corrected chi connectivity index (χ2v) is 3.58. The molecule has 0 unspecified atom stereocenters. The Labute approximate surface area is 86.7 Å². The molecule has 0 saturated heterocycles. The lowest BCUT2D eigenvalue weighted by Gasteiger charge is -2.12. The smallest absolute Gasteiger partial charge is 0.101 e. The number of nitriles is 1. The Balaban J connectivity index is 0.000000791. The zero-order valence-corrected chi connectivity index (χ0v) is 9.63. The van der Waals surface area contributed by atoms with E-state index in [9.17, 15) is 0 Å². The van der Waals surface area contributed by atoms with Gasteiger partial charge in [0.25, 0.3) is 0 Å². The lowest BCUT2D eigenvalue weighted by atomic mass is 9.92. The molecule has 0 spiro atoms. The van der Waals surface area contributed by atoms with Gasteiger partial charge in [-0.2, -0.15) is 5.26 Å². The van der Waals surface area contributed by atoms with Crippen molar-refractivity contribution in [3.63, 3.8) is 0 Å². The van der Waals surface area contributed by atoms with Gasteiger partial charge < -0.3 is 0 Å². The molecule has 76 valence electrons. The highest BCUT2D eigenvalue weighted by atomic mass is 14.7. The van der Waals surface area contributed by atoms with Crippen LogP contribution in [-0.2, 0) is 0 Å². The van der Waals surface area contributed by atoms with Gasteiger partial charge in [0.1, 0.15) is 6.07 Å². The Kier molecular flexibility index (Phi) is 4.86. The quantitative estimate of drug-likeness (QED) is 0.576. The summed E-state index contributed by atoms with van der Waals surface area (Å²) in [6.07, 6.45) is 5.51. The van der Waals surface area contributed by atoms with Crippen LogP contribution in [-0.4, -0.2) is 6.21 Å². The molecule has 0 aromatic heterocycles. The SMILES string of the molecule is CC.CC1=CC(C)(C)C=NC=C1C#N. The van der Waals surface area contributed by atoms with Gasteiger partial charge in [0.2, 0.25) is 0 Å². The fraction of sp³-hybridized carbons (Fsp3) is 0.500. The molecule has 0 fully saturated rings. The molecule has 1 aliphatic rings. The van der Waals surface area contributed by atoms with Crippen molar-refractivity contribution in [3.05, 3.63) is 23.4 Å². The van der Waals surface area contributed by atoms with E-state index in [0.717, 1.165) is 5.57 Å². The first-order chi connectivity index (χ1) is 6.55. The molecule has 2 heteroatoms. The van der Waals surface area contributed by atoms with E-state index in [1.165, 1.54) is 0 Å². The minimum atomic E-state index is -0.0425. The number of allylic oxidation sites excluding steroid dienone is 3. The summed E-state index contributed by atoms with van der Waals surface area (Å²) in [6.45, 7) is 10.1. The Morgan fingerprint density at radius 3 is 2.43 bits per heavy atom. The fourth-order valence-electron chi connectivity index (χ4n) is 1.20. The molecule has 14 heavy (non-hydrogen) atoms. The Hall–Kier alpha value is -1.36. The first kappa shape index (κ1) is 12.6. The van der Waals surface area contributed by atoms with Gasteiger partial charge in [-0.1, -0.05) is 33.8 Å².